The van der Waals surface area contributed by atoms with Gasteiger partial charge in [0.05, 0.1) is 0 Å². The Labute approximate surface area is 79.5 Å². The zero-order valence-electron chi connectivity index (χ0n) is 8.18. The predicted molar refractivity (Wildman–Crippen MR) is 52.2 cm³/mol. The van der Waals surface area contributed by atoms with Crippen LogP contribution in [0, 0.1) is 5.92 Å². The zero-order chi connectivity index (χ0) is 9.26. The number of hydrogen-bond donors (Lipinski definition) is 2. The molecule has 0 aromatic rings. The molecule has 0 aromatic carbocycles. The Morgan fingerprint density at radius 2 is 2.31 bits per heavy atom. The number of methoxy groups -OCH3 is 1. The summed E-state index contributed by atoms with van der Waals surface area (Å²) in [6, 6.07) is 0.622. The van der Waals surface area contributed by atoms with Crippen LogP contribution in [-0.2, 0) is 4.74 Å². The second kappa shape index (κ2) is 3.78. The number of allylic oxidation sites excluding steroid dienone is 1. The van der Waals surface area contributed by atoms with Crippen LogP contribution in [0.4, 0.5) is 0 Å². The molecule has 0 bridgehead atoms. The summed E-state index contributed by atoms with van der Waals surface area (Å²) in [5.74, 6) is 0.569. The van der Waals surface area contributed by atoms with Crippen LogP contribution < -0.4 is 10.6 Å². The lowest BCUT2D eigenvalue weighted by Crippen LogP contribution is -2.59. The quantitative estimate of drug-likeness (QED) is 0.589. The molecular weight excluding hydrogens is 164 g/mol. The van der Waals surface area contributed by atoms with E-state index < -0.39 is 0 Å². The first-order valence-electron chi connectivity index (χ1n) is 4.97. The van der Waals surface area contributed by atoms with Gasteiger partial charge >= 0.3 is 0 Å². The van der Waals surface area contributed by atoms with Gasteiger partial charge in [0.2, 0.25) is 0 Å². The van der Waals surface area contributed by atoms with Crippen LogP contribution in [-0.4, -0.2) is 26.0 Å². The highest BCUT2D eigenvalue weighted by molar-refractivity contribution is 5.06. The van der Waals surface area contributed by atoms with Crippen molar-refractivity contribution in [3.8, 4) is 0 Å². The molecule has 2 aliphatic rings. The fraction of sp³-hybridized carbons (Fsp3) is 0.800. The van der Waals surface area contributed by atoms with Gasteiger partial charge in [-0.05, 0) is 19.3 Å². The SMILES string of the molecule is C=C1CCC2NCNC(OC)C2C1. The molecule has 0 radical (unpaired) electrons. The maximum Gasteiger partial charge on any atom is 0.113 e. The van der Waals surface area contributed by atoms with E-state index in [1.165, 1.54) is 18.4 Å². The van der Waals surface area contributed by atoms with Gasteiger partial charge in [0.15, 0.2) is 0 Å². The Kier molecular flexibility index (Phi) is 2.67. The van der Waals surface area contributed by atoms with E-state index in [4.69, 9.17) is 4.74 Å². The van der Waals surface area contributed by atoms with Crippen molar-refractivity contribution in [1.29, 1.82) is 0 Å². The summed E-state index contributed by atoms with van der Waals surface area (Å²) in [5, 5.41) is 6.79. The number of fused-ring (bicyclic) bond motifs is 1. The van der Waals surface area contributed by atoms with Gasteiger partial charge in [0, 0.05) is 25.7 Å². The number of hydrogen-bond acceptors (Lipinski definition) is 3. The van der Waals surface area contributed by atoms with E-state index in [1.54, 1.807) is 7.11 Å². The van der Waals surface area contributed by atoms with E-state index in [2.05, 4.69) is 17.2 Å². The average molecular weight is 182 g/mol. The summed E-state index contributed by atoms with van der Waals surface area (Å²) < 4.78 is 5.42. The molecule has 2 rings (SSSR count). The van der Waals surface area contributed by atoms with E-state index in [0.717, 1.165) is 13.1 Å². The van der Waals surface area contributed by atoms with E-state index in [9.17, 15) is 0 Å². The second-order valence-electron chi connectivity index (χ2n) is 4.00. The van der Waals surface area contributed by atoms with Crippen LogP contribution in [0.3, 0.4) is 0 Å². The Balaban J connectivity index is 2.05. The van der Waals surface area contributed by atoms with Gasteiger partial charge in [0.1, 0.15) is 6.23 Å². The molecule has 3 unspecified atom stereocenters. The standard InChI is InChI=1S/C10H18N2O/c1-7-3-4-9-8(5-7)10(13-2)12-6-11-9/h8-12H,1,3-6H2,2H3. The van der Waals surface area contributed by atoms with Crippen molar-refractivity contribution in [3.05, 3.63) is 12.2 Å². The lowest BCUT2D eigenvalue weighted by atomic mass is 9.80. The van der Waals surface area contributed by atoms with Gasteiger partial charge in [-0.25, -0.2) is 0 Å². The normalized spacial score (nSPS) is 40.1. The minimum atomic E-state index is 0.211. The molecule has 3 heteroatoms. The minimum Gasteiger partial charge on any atom is -0.366 e. The van der Waals surface area contributed by atoms with Crippen molar-refractivity contribution in [3.63, 3.8) is 0 Å². The van der Waals surface area contributed by atoms with E-state index in [0.29, 0.717) is 12.0 Å². The van der Waals surface area contributed by atoms with Gasteiger partial charge in [-0.1, -0.05) is 12.2 Å². The molecule has 74 valence electrons. The molecule has 1 saturated carbocycles. The van der Waals surface area contributed by atoms with Crippen LogP contribution in [0.25, 0.3) is 0 Å². The number of rotatable bonds is 1. The Bertz CT molecular complexity index is 199. The van der Waals surface area contributed by atoms with E-state index >= 15 is 0 Å². The first-order chi connectivity index (χ1) is 6.31. The maximum absolute atomic E-state index is 5.42. The van der Waals surface area contributed by atoms with Crippen LogP contribution >= 0.6 is 0 Å². The van der Waals surface area contributed by atoms with E-state index in [1.807, 2.05) is 0 Å². The monoisotopic (exact) mass is 182 g/mol. The molecule has 2 fully saturated rings. The molecular formula is C10H18N2O. The lowest BCUT2D eigenvalue weighted by molar-refractivity contribution is -0.0187. The van der Waals surface area contributed by atoms with Crippen LogP contribution in [0.15, 0.2) is 12.2 Å². The van der Waals surface area contributed by atoms with Crippen molar-refractivity contribution in [2.45, 2.75) is 31.5 Å². The molecule has 3 nitrogen and oxygen atoms in total. The first-order valence-corrected chi connectivity index (χ1v) is 4.97. The molecule has 1 aliphatic carbocycles. The molecule has 1 aliphatic heterocycles. The van der Waals surface area contributed by atoms with Gasteiger partial charge in [-0.2, -0.15) is 0 Å². The van der Waals surface area contributed by atoms with Crippen molar-refractivity contribution in [2.75, 3.05) is 13.8 Å². The first kappa shape index (κ1) is 9.19. The van der Waals surface area contributed by atoms with Gasteiger partial charge in [-0.15, -0.1) is 0 Å². The molecule has 2 N–H and O–H groups in total. The summed E-state index contributed by atoms with van der Waals surface area (Å²) in [5.41, 5.74) is 1.37. The highest BCUT2D eigenvalue weighted by Crippen LogP contribution is 2.31. The summed E-state index contributed by atoms with van der Waals surface area (Å²) in [7, 11) is 1.78. The zero-order valence-corrected chi connectivity index (χ0v) is 8.18. The summed E-state index contributed by atoms with van der Waals surface area (Å²) in [6.45, 7) is 4.93. The van der Waals surface area contributed by atoms with Crippen LogP contribution in [0.1, 0.15) is 19.3 Å². The Morgan fingerprint density at radius 3 is 3.08 bits per heavy atom. The topological polar surface area (TPSA) is 33.3 Å². The molecule has 13 heavy (non-hydrogen) atoms. The Hall–Kier alpha value is -0.380. The van der Waals surface area contributed by atoms with Crippen molar-refractivity contribution < 1.29 is 4.74 Å². The Morgan fingerprint density at radius 1 is 1.46 bits per heavy atom. The number of ether oxygens (including phenoxy) is 1. The van der Waals surface area contributed by atoms with Gasteiger partial charge < -0.3 is 10.1 Å². The predicted octanol–water partition coefficient (Wildman–Crippen LogP) is 0.834. The average Bonchev–Trinajstić information content (AvgIpc) is 2.17. The third kappa shape index (κ3) is 1.77. The highest BCUT2D eigenvalue weighted by atomic mass is 16.5. The maximum atomic E-state index is 5.42. The lowest BCUT2D eigenvalue weighted by Gasteiger charge is -2.42. The largest absolute Gasteiger partial charge is 0.366 e. The molecule has 1 heterocycles. The van der Waals surface area contributed by atoms with Crippen molar-refractivity contribution in [1.82, 2.24) is 10.6 Å². The summed E-state index contributed by atoms with van der Waals surface area (Å²) in [4.78, 5) is 0. The fourth-order valence-corrected chi connectivity index (χ4v) is 2.42. The van der Waals surface area contributed by atoms with Gasteiger partial charge in [0.25, 0.3) is 0 Å². The van der Waals surface area contributed by atoms with E-state index in [-0.39, 0.29) is 6.23 Å². The van der Waals surface area contributed by atoms with Crippen LogP contribution in [0.5, 0.6) is 0 Å². The van der Waals surface area contributed by atoms with Gasteiger partial charge in [-0.3, -0.25) is 5.32 Å². The third-order valence-corrected chi connectivity index (χ3v) is 3.16. The molecule has 1 saturated heterocycles. The minimum absolute atomic E-state index is 0.211. The van der Waals surface area contributed by atoms with Crippen molar-refractivity contribution in [2.24, 2.45) is 5.92 Å². The summed E-state index contributed by atoms with van der Waals surface area (Å²) in [6.07, 6.45) is 3.70. The van der Waals surface area contributed by atoms with Crippen molar-refractivity contribution >= 4 is 0 Å². The second-order valence-corrected chi connectivity index (χ2v) is 4.00. The number of nitrogens with one attached hydrogen (secondary N) is 2. The summed E-state index contributed by atoms with van der Waals surface area (Å²) >= 11 is 0. The van der Waals surface area contributed by atoms with Crippen LogP contribution in [0.2, 0.25) is 0 Å². The smallest absolute Gasteiger partial charge is 0.113 e. The molecule has 0 amide bonds. The fourth-order valence-electron chi connectivity index (χ4n) is 2.42. The highest BCUT2D eigenvalue weighted by Gasteiger charge is 2.35. The molecule has 0 aromatic heterocycles. The molecule has 0 spiro atoms. The molecule has 3 atom stereocenters. The third-order valence-electron chi connectivity index (χ3n) is 3.16.